The number of rotatable bonds is 4. The number of pyridine rings is 1. The minimum absolute atomic E-state index is 0.948. The lowest BCUT2D eigenvalue weighted by molar-refractivity contribution is 1.14. The van der Waals surface area contributed by atoms with E-state index in [0.29, 0.717) is 0 Å². The van der Waals surface area contributed by atoms with Crippen LogP contribution in [0.4, 0.5) is 0 Å². The fourth-order valence-corrected chi connectivity index (χ4v) is 5.98. The van der Waals surface area contributed by atoms with Gasteiger partial charge in [-0.25, -0.2) is 4.98 Å². The van der Waals surface area contributed by atoms with E-state index in [4.69, 9.17) is 4.98 Å². The number of fused-ring (bicyclic) bond motifs is 5. The smallest absolute Gasteiger partial charge is 0.137 e. The maximum atomic E-state index is 5.19. The van der Waals surface area contributed by atoms with Gasteiger partial charge in [0, 0.05) is 22.8 Å². The summed E-state index contributed by atoms with van der Waals surface area (Å²) in [4.78, 5) is 5.19. The topological polar surface area (TPSA) is 22.2 Å². The molecule has 0 saturated carbocycles. The molecule has 0 saturated heterocycles. The van der Waals surface area contributed by atoms with Crippen molar-refractivity contribution in [3.8, 4) is 39.2 Å². The first-order valence-corrected chi connectivity index (χ1v) is 13.6. The van der Waals surface area contributed by atoms with Crippen molar-refractivity contribution >= 4 is 27.6 Å². The van der Waals surface area contributed by atoms with Crippen LogP contribution >= 0.6 is 0 Å². The summed E-state index contributed by atoms with van der Waals surface area (Å²) in [5.41, 5.74) is 12.4. The molecule has 8 aromatic rings. The second kappa shape index (κ2) is 9.11. The monoisotopic (exact) mass is 511 g/mol. The molecule has 188 valence electrons. The number of hydrogen-bond donors (Lipinski definition) is 0. The molecule has 0 unspecified atom stereocenters. The van der Waals surface area contributed by atoms with E-state index in [-0.39, 0.29) is 0 Å². The first-order chi connectivity index (χ1) is 19.9. The quantitative estimate of drug-likeness (QED) is 0.231. The zero-order valence-corrected chi connectivity index (χ0v) is 21.8. The Morgan fingerprint density at radius 3 is 1.85 bits per heavy atom. The van der Waals surface area contributed by atoms with Crippen LogP contribution in [0.5, 0.6) is 0 Å². The van der Waals surface area contributed by atoms with Crippen LogP contribution < -0.4 is 0 Å². The van der Waals surface area contributed by atoms with Gasteiger partial charge in [-0.2, -0.15) is 0 Å². The van der Waals surface area contributed by atoms with Crippen LogP contribution in [0.25, 0.3) is 66.8 Å². The van der Waals surface area contributed by atoms with Crippen molar-refractivity contribution in [2.45, 2.75) is 0 Å². The predicted molar refractivity (Wildman–Crippen MR) is 166 cm³/mol. The van der Waals surface area contributed by atoms with Gasteiger partial charge in [-0.05, 0) is 58.7 Å². The Hall–Kier alpha value is -5.41. The van der Waals surface area contributed by atoms with Crippen LogP contribution in [0.3, 0.4) is 0 Å². The van der Waals surface area contributed by atoms with Gasteiger partial charge in [0.05, 0.1) is 22.2 Å². The van der Waals surface area contributed by atoms with Crippen molar-refractivity contribution in [1.29, 1.82) is 0 Å². The lowest BCUT2D eigenvalue weighted by Gasteiger charge is -2.14. The summed E-state index contributed by atoms with van der Waals surface area (Å²) in [6.45, 7) is 0. The second-order valence-corrected chi connectivity index (χ2v) is 10.1. The van der Waals surface area contributed by atoms with Crippen molar-refractivity contribution in [2.75, 3.05) is 0 Å². The number of hydrogen-bond acceptors (Lipinski definition) is 1. The van der Waals surface area contributed by atoms with Gasteiger partial charge < -0.3 is 4.57 Å². The Morgan fingerprint density at radius 2 is 1.10 bits per heavy atom. The molecule has 3 aromatic heterocycles. The highest BCUT2D eigenvalue weighted by Crippen LogP contribution is 2.45. The largest absolute Gasteiger partial charge is 0.309 e. The third-order valence-corrected chi connectivity index (χ3v) is 7.73. The maximum absolute atomic E-state index is 5.19. The zero-order chi connectivity index (χ0) is 26.5. The Labute approximate surface area is 232 Å². The van der Waals surface area contributed by atoms with Gasteiger partial charge in [-0.15, -0.1) is 0 Å². The highest BCUT2D eigenvalue weighted by atomic mass is 15.0. The van der Waals surface area contributed by atoms with Gasteiger partial charge in [-0.3, -0.25) is 4.40 Å². The van der Waals surface area contributed by atoms with Crippen LogP contribution in [0, 0.1) is 0 Å². The highest BCUT2D eigenvalue weighted by Gasteiger charge is 2.24. The molecule has 0 bridgehead atoms. The molecule has 0 spiro atoms. The van der Waals surface area contributed by atoms with Crippen LogP contribution in [0.1, 0.15) is 0 Å². The Kier molecular flexibility index (Phi) is 5.14. The summed E-state index contributed by atoms with van der Waals surface area (Å²) in [6.07, 6.45) is 2.09. The minimum Gasteiger partial charge on any atom is -0.309 e. The molecule has 3 nitrogen and oxygen atoms in total. The molecule has 0 amide bonds. The van der Waals surface area contributed by atoms with Gasteiger partial charge in [0.1, 0.15) is 5.65 Å². The van der Waals surface area contributed by atoms with E-state index >= 15 is 0 Å². The first-order valence-electron chi connectivity index (χ1n) is 13.6. The molecule has 0 N–H and O–H groups in total. The minimum atomic E-state index is 0.948. The van der Waals surface area contributed by atoms with Crippen molar-refractivity contribution in [2.24, 2.45) is 0 Å². The van der Waals surface area contributed by atoms with E-state index in [1.54, 1.807) is 0 Å². The average Bonchev–Trinajstić information content (AvgIpc) is 3.59. The standard InChI is InChI=1S/C37H25N3/c1-4-13-26(14-5-1)29-19-12-20-30(25-29)40-31-22-23-32-36(38-33-21-10-11-24-39(32)33)35(31)34(27-15-6-2-7-16-27)37(40)28-17-8-3-9-18-28/h1-25H. The molecule has 0 radical (unpaired) electrons. The van der Waals surface area contributed by atoms with Gasteiger partial charge in [-0.1, -0.05) is 109 Å². The summed E-state index contributed by atoms with van der Waals surface area (Å²) in [5, 5.41) is 1.16. The molecule has 0 aliphatic heterocycles. The summed E-state index contributed by atoms with van der Waals surface area (Å²) >= 11 is 0. The molecule has 0 aliphatic carbocycles. The number of imidazole rings is 1. The van der Waals surface area contributed by atoms with Crippen molar-refractivity contribution < 1.29 is 0 Å². The average molecular weight is 512 g/mol. The summed E-state index contributed by atoms with van der Waals surface area (Å²) in [6, 6.07) is 51.5. The third-order valence-electron chi connectivity index (χ3n) is 7.73. The van der Waals surface area contributed by atoms with Crippen molar-refractivity contribution in [3.05, 3.63) is 152 Å². The molecular formula is C37H25N3. The van der Waals surface area contributed by atoms with E-state index in [1.807, 2.05) is 6.07 Å². The summed E-state index contributed by atoms with van der Waals surface area (Å²) < 4.78 is 4.60. The second-order valence-electron chi connectivity index (χ2n) is 10.1. The van der Waals surface area contributed by atoms with Gasteiger partial charge in [0.25, 0.3) is 0 Å². The Balaban J connectivity index is 1.56. The first kappa shape index (κ1) is 22.6. The molecule has 40 heavy (non-hydrogen) atoms. The molecule has 3 heteroatoms. The maximum Gasteiger partial charge on any atom is 0.137 e. The lowest BCUT2D eigenvalue weighted by Crippen LogP contribution is -1.98. The van der Waals surface area contributed by atoms with E-state index in [9.17, 15) is 0 Å². The van der Waals surface area contributed by atoms with Crippen LogP contribution in [-0.4, -0.2) is 14.0 Å². The van der Waals surface area contributed by atoms with Crippen LogP contribution in [0.2, 0.25) is 0 Å². The molecule has 0 atom stereocenters. The van der Waals surface area contributed by atoms with Crippen molar-refractivity contribution in [3.63, 3.8) is 0 Å². The SMILES string of the molecule is c1ccc(-c2cccc(-n3c(-c4ccccc4)c(-c4ccccc4)c4c5nc6ccccn6c5ccc43)c2)cc1. The summed E-state index contributed by atoms with van der Waals surface area (Å²) in [5.74, 6) is 0. The van der Waals surface area contributed by atoms with Crippen LogP contribution in [-0.2, 0) is 0 Å². The van der Waals surface area contributed by atoms with E-state index in [0.717, 1.165) is 39.0 Å². The third kappa shape index (κ3) is 3.49. The molecule has 0 fully saturated rings. The molecule has 3 heterocycles. The number of aromatic nitrogens is 3. The normalized spacial score (nSPS) is 11.5. The van der Waals surface area contributed by atoms with Crippen LogP contribution in [0.15, 0.2) is 152 Å². The van der Waals surface area contributed by atoms with E-state index in [1.165, 1.54) is 27.8 Å². The predicted octanol–water partition coefficient (Wildman–Crippen LogP) is 9.43. The van der Waals surface area contributed by atoms with Gasteiger partial charge in [0.2, 0.25) is 0 Å². The molecule has 5 aromatic carbocycles. The lowest BCUT2D eigenvalue weighted by atomic mass is 9.97. The Bertz CT molecular complexity index is 2140. The molecule has 8 rings (SSSR count). The number of nitrogens with zero attached hydrogens (tertiary/aromatic N) is 3. The summed E-state index contributed by atoms with van der Waals surface area (Å²) in [7, 11) is 0. The van der Waals surface area contributed by atoms with Gasteiger partial charge >= 0.3 is 0 Å². The van der Waals surface area contributed by atoms with Crippen molar-refractivity contribution in [1.82, 2.24) is 14.0 Å². The highest BCUT2D eigenvalue weighted by molar-refractivity contribution is 6.17. The molecule has 0 aliphatic rings. The fraction of sp³-hybridized carbons (Fsp3) is 0. The molecular weight excluding hydrogens is 486 g/mol. The van der Waals surface area contributed by atoms with E-state index in [2.05, 4.69) is 155 Å². The van der Waals surface area contributed by atoms with E-state index < -0.39 is 0 Å². The van der Waals surface area contributed by atoms with Gasteiger partial charge in [0.15, 0.2) is 0 Å². The number of benzene rings is 5. The zero-order valence-electron chi connectivity index (χ0n) is 21.8. The Morgan fingerprint density at radius 1 is 0.475 bits per heavy atom. The fourth-order valence-electron chi connectivity index (χ4n) is 5.98.